The zero-order chi connectivity index (χ0) is 27.0. The van der Waals surface area contributed by atoms with Crippen molar-refractivity contribution in [3.8, 4) is 11.1 Å². The highest BCUT2D eigenvalue weighted by atomic mass is 32.1. The Morgan fingerprint density at radius 1 is 1.11 bits per heavy atom. The molecule has 4 rings (SSSR count). The van der Waals surface area contributed by atoms with Crippen molar-refractivity contribution >= 4 is 23.2 Å². The molecule has 1 atom stereocenters. The van der Waals surface area contributed by atoms with Gasteiger partial charge in [0.15, 0.2) is 0 Å². The summed E-state index contributed by atoms with van der Waals surface area (Å²) in [6.07, 6.45) is -2.92. The van der Waals surface area contributed by atoms with Crippen LogP contribution in [0.4, 0.5) is 17.6 Å². The molecule has 1 amide bonds. The molecule has 2 heterocycles. The first-order valence-electron chi connectivity index (χ1n) is 11.8. The van der Waals surface area contributed by atoms with E-state index < -0.39 is 12.1 Å². The number of nitrogens with one attached hydrogen (secondary N) is 1. The summed E-state index contributed by atoms with van der Waals surface area (Å²) in [4.78, 5) is 24.5. The van der Waals surface area contributed by atoms with Crippen LogP contribution in [0.5, 0.6) is 0 Å². The number of aliphatic carboxylic acids is 1. The number of hydrogen-bond donors (Lipinski definition) is 2. The van der Waals surface area contributed by atoms with E-state index in [2.05, 4.69) is 41.4 Å². The van der Waals surface area contributed by atoms with Crippen molar-refractivity contribution in [3.63, 3.8) is 0 Å². The van der Waals surface area contributed by atoms with Gasteiger partial charge in [-0.3, -0.25) is 9.69 Å². The second kappa shape index (κ2) is 12.8. The van der Waals surface area contributed by atoms with Gasteiger partial charge in [0.25, 0.3) is 5.91 Å². The third-order valence-electron chi connectivity index (χ3n) is 6.01. The Labute approximate surface area is 216 Å². The molecule has 37 heavy (non-hydrogen) atoms. The van der Waals surface area contributed by atoms with Crippen molar-refractivity contribution in [3.05, 3.63) is 81.8 Å². The van der Waals surface area contributed by atoms with Crippen LogP contribution >= 0.6 is 11.3 Å². The first kappa shape index (κ1) is 28.3. The van der Waals surface area contributed by atoms with Gasteiger partial charge in [0.1, 0.15) is 5.82 Å². The van der Waals surface area contributed by atoms with Crippen molar-refractivity contribution in [1.82, 2.24) is 10.2 Å². The summed E-state index contributed by atoms with van der Waals surface area (Å²) in [5, 5.41) is 12.0. The number of rotatable bonds is 7. The van der Waals surface area contributed by atoms with E-state index in [1.165, 1.54) is 28.5 Å². The molecule has 1 unspecified atom stereocenters. The second-order valence-corrected chi connectivity index (χ2v) is 9.66. The van der Waals surface area contributed by atoms with Gasteiger partial charge in [0, 0.05) is 25.2 Å². The molecule has 0 spiro atoms. The van der Waals surface area contributed by atoms with Gasteiger partial charge in [-0.1, -0.05) is 49.4 Å². The van der Waals surface area contributed by atoms with Crippen molar-refractivity contribution in [2.75, 3.05) is 19.6 Å². The van der Waals surface area contributed by atoms with Crippen LogP contribution in [-0.2, 0) is 17.8 Å². The number of carbonyl (C=O) groups is 2. The van der Waals surface area contributed by atoms with Crippen LogP contribution in [0, 0.1) is 11.7 Å². The molecule has 1 aromatic heterocycles. The number of alkyl halides is 3. The highest BCUT2D eigenvalue weighted by Crippen LogP contribution is 2.28. The minimum Gasteiger partial charge on any atom is -0.475 e. The molecule has 2 N–H and O–H groups in total. The fourth-order valence-electron chi connectivity index (χ4n) is 3.98. The first-order valence-corrected chi connectivity index (χ1v) is 12.7. The van der Waals surface area contributed by atoms with Crippen LogP contribution < -0.4 is 5.32 Å². The highest BCUT2D eigenvalue weighted by molar-refractivity contribution is 7.12. The lowest BCUT2D eigenvalue weighted by Crippen LogP contribution is -2.30. The van der Waals surface area contributed by atoms with E-state index in [9.17, 15) is 22.4 Å². The lowest BCUT2D eigenvalue weighted by atomic mass is 10.1. The fourth-order valence-corrected chi connectivity index (χ4v) is 4.80. The quantitative estimate of drug-likeness (QED) is 0.364. The van der Waals surface area contributed by atoms with E-state index in [0.29, 0.717) is 22.9 Å². The molecule has 2 aromatic carbocycles. The Balaban J connectivity index is 0.000000479. The third-order valence-corrected chi connectivity index (χ3v) is 6.94. The fraction of sp³-hybridized carbons (Fsp3) is 0.333. The summed E-state index contributed by atoms with van der Waals surface area (Å²) in [7, 11) is 0. The van der Waals surface area contributed by atoms with Crippen LogP contribution in [0.15, 0.2) is 60.0 Å². The molecule has 10 heteroatoms. The molecule has 1 saturated heterocycles. The molecular formula is C27H28F4N2O3S. The number of carboxylic acid groups (broad SMARTS) is 1. The Kier molecular flexibility index (Phi) is 9.82. The van der Waals surface area contributed by atoms with Crippen molar-refractivity contribution in [2.24, 2.45) is 5.92 Å². The maximum Gasteiger partial charge on any atom is 0.490 e. The monoisotopic (exact) mass is 536 g/mol. The number of amides is 1. The number of benzene rings is 2. The van der Waals surface area contributed by atoms with Crippen LogP contribution in [0.25, 0.3) is 11.1 Å². The average molecular weight is 537 g/mol. The van der Waals surface area contributed by atoms with E-state index in [1.807, 2.05) is 5.38 Å². The second-order valence-electron chi connectivity index (χ2n) is 8.75. The Morgan fingerprint density at radius 3 is 2.38 bits per heavy atom. The number of aryl methyl sites for hydroxylation is 1. The molecule has 0 radical (unpaired) electrons. The molecule has 1 fully saturated rings. The van der Waals surface area contributed by atoms with Gasteiger partial charge in [0.05, 0.1) is 4.88 Å². The van der Waals surface area contributed by atoms with Gasteiger partial charge in [-0.25, -0.2) is 9.18 Å². The third kappa shape index (κ3) is 8.40. The van der Waals surface area contributed by atoms with Gasteiger partial charge in [-0.05, 0) is 59.5 Å². The number of nitrogens with zero attached hydrogens (tertiary/aromatic N) is 1. The summed E-state index contributed by atoms with van der Waals surface area (Å²) in [6, 6.07) is 17.3. The largest absolute Gasteiger partial charge is 0.490 e. The molecule has 1 aliphatic heterocycles. The SMILES string of the molecule is CCc1ccc(CN2CCC(CNC(=O)c3cc(-c4ccccc4F)cs3)C2)cc1.O=C(O)C(F)(F)F. The molecule has 5 nitrogen and oxygen atoms in total. The van der Waals surface area contributed by atoms with Crippen LogP contribution in [0.3, 0.4) is 0 Å². The number of likely N-dealkylation sites (tertiary alicyclic amines) is 1. The van der Waals surface area contributed by atoms with Crippen molar-refractivity contribution < 1.29 is 32.3 Å². The molecule has 3 aromatic rings. The number of carbonyl (C=O) groups excluding carboxylic acids is 1. The van der Waals surface area contributed by atoms with Crippen molar-refractivity contribution in [2.45, 2.75) is 32.5 Å². The lowest BCUT2D eigenvalue weighted by molar-refractivity contribution is -0.192. The Hall–Kier alpha value is -3.24. The van der Waals surface area contributed by atoms with Gasteiger partial charge >= 0.3 is 12.1 Å². The van der Waals surface area contributed by atoms with Gasteiger partial charge < -0.3 is 10.4 Å². The van der Waals surface area contributed by atoms with Crippen molar-refractivity contribution in [1.29, 1.82) is 0 Å². The first-order chi connectivity index (χ1) is 17.6. The number of thiophene rings is 1. The standard InChI is InChI=1S/C25H27FN2OS.C2HF3O2/c1-2-18-7-9-19(10-8-18)15-28-12-11-20(16-28)14-27-25(29)24-13-21(17-30-24)22-5-3-4-6-23(22)26;3-2(4,5)1(6)7/h3-10,13,17,20H,2,11-12,14-16H2,1H3,(H,27,29);(H,6,7). The minimum absolute atomic E-state index is 0.0730. The predicted octanol–water partition coefficient (Wildman–Crippen LogP) is 6.00. The molecule has 1 aliphatic rings. The van der Waals surface area contributed by atoms with Gasteiger partial charge in [-0.2, -0.15) is 13.2 Å². The molecule has 198 valence electrons. The van der Waals surface area contributed by atoms with Crippen LogP contribution in [-0.4, -0.2) is 47.7 Å². The van der Waals surface area contributed by atoms with E-state index >= 15 is 0 Å². The number of halogens is 4. The average Bonchev–Trinajstić information content (AvgIpc) is 3.53. The summed E-state index contributed by atoms with van der Waals surface area (Å²) >= 11 is 1.36. The number of hydrogen-bond acceptors (Lipinski definition) is 4. The minimum atomic E-state index is -5.08. The lowest BCUT2D eigenvalue weighted by Gasteiger charge is -2.16. The molecule has 0 aliphatic carbocycles. The smallest absolute Gasteiger partial charge is 0.475 e. The van der Waals surface area contributed by atoms with Gasteiger partial charge in [0.2, 0.25) is 0 Å². The molecular weight excluding hydrogens is 508 g/mol. The summed E-state index contributed by atoms with van der Waals surface area (Å²) in [5.41, 5.74) is 4.00. The van der Waals surface area contributed by atoms with E-state index in [0.717, 1.165) is 38.0 Å². The topological polar surface area (TPSA) is 69.6 Å². The summed E-state index contributed by atoms with van der Waals surface area (Å²) < 4.78 is 45.7. The zero-order valence-corrected chi connectivity index (χ0v) is 21.0. The van der Waals surface area contributed by atoms with E-state index in [4.69, 9.17) is 9.90 Å². The predicted molar refractivity (Wildman–Crippen MR) is 135 cm³/mol. The number of carboxylic acids is 1. The van der Waals surface area contributed by atoms with Crippen LogP contribution in [0.2, 0.25) is 0 Å². The Bertz CT molecular complexity index is 1190. The molecule has 0 bridgehead atoms. The maximum absolute atomic E-state index is 14.0. The Morgan fingerprint density at radius 2 is 1.76 bits per heavy atom. The summed E-state index contributed by atoms with van der Waals surface area (Å²) in [5.74, 6) is -2.63. The summed E-state index contributed by atoms with van der Waals surface area (Å²) in [6.45, 7) is 5.88. The maximum atomic E-state index is 14.0. The van der Waals surface area contributed by atoms with E-state index in [1.54, 1.807) is 24.3 Å². The van der Waals surface area contributed by atoms with Gasteiger partial charge in [-0.15, -0.1) is 11.3 Å². The zero-order valence-electron chi connectivity index (χ0n) is 20.2. The van der Waals surface area contributed by atoms with E-state index in [-0.39, 0.29) is 11.7 Å². The highest BCUT2D eigenvalue weighted by Gasteiger charge is 2.38. The normalized spacial score (nSPS) is 15.6. The van der Waals surface area contributed by atoms with Crippen LogP contribution in [0.1, 0.15) is 34.1 Å². The molecule has 0 saturated carbocycles.